The number of benzene rings is 2. The third kappa shape index (κ3) is 4.36. The zero-order valence-corrected chi connectivity index (χ0v) is 18.4. The molecule has 0 saturated carbocycles. The lowest BCUT2D eigenvalue weighted by atomic mass is 9.97. The number of carbonyl (C=O) groups excluding carboxylic acids is 2. The molecule has 0 spiro atoms. The quantitative estimate of drug-likeness (QED) is 0.471. The van der Waals surface area contributed by atoms with Crippen molar-refractivity contribution in [1.82, 2.24) is 15.2 Å². The normalized spacial score (nSPS) is 16.5. The molecule has 0 fully saturated rings. The molecule has 1 aromatic heterocycles. The van der Waals surface area contributed by atoms with E-state index in [2.05, 4.69) is 23.3 Å². The number of hydrogen-bond acceptors (Lipinski definition) is 2. The number of carbonyl (C=O) groups is 2. The summed E-state index contributed by atoms with van der Waals surface area (Å²) in [5.74, 6) is -0.189. The Morgan fingerprint density at radius 1 is 1.06 bits per heavy atom. The van der Waals surface area contributed by atoms with Crippen LogP contribution in [0.25, 0.3) is 10.9 Å². The molecule has 2 atom stereocenters. The lowest BCUT2D eigenvalue weighted by Gasteiger charge is -2.26. The van der Waals surface area contributed by atoms with Crippen LogP contribution in [0.15, 0.2) is 54.7 Å². The molecule has 2 amide bonds. The Labute approximate surface area is 183 Å². The number of amides is 2. The molecule has 2 aromatic carbocycles. The summed E-state index contributed by atoms with van der Waals surface area (Å²) in [7, 11) is 0. The molecular weight excluding hydrogens is 386 g/mol. The molecule has 0 saturated heterocycles. The highest BCUT2D eigenvalue weighted by molar-refractivity contribution is 6.02. The molecule has 5 nitrogen and oxygen atoms in total. The van der Waals surface area contributed by atoms with E-state index in [0.717, 1.165) is 34.9 Å². The maximum atomic E-state index is 13.2. The summed E-state index contributed by atoms with van der Waals surface area (Å²) in [6.45, 7) is 4.29. The van der Waals surface area contributed by atoms with Gasteiger partial charge in [0.25, 0.3) is 5.91 Å². The van der Waals surface area contributed by atoms with Gasteiger partial charge in [0.2, 0.25) is 5.91 Å². The summed E-state index contributed by atoms with van der Waals surface area (Å²) in [6, 6.07) is 15.6. The predicted molar refractivity (Wildman–Crippen MR) is 124 cm³/mol. The first-order valence-electron chi connectivity index (χ1n) is 11.4. The van der Waals surface area contributed by atoms with Crippen molar-refractivity contribution in [3.05, 3.63) is 71.4 Å². The van der Waals surface area contributed by atoms with E-state index in [4.69, 9.17) is 0 Å². The lowest BCUT2D eigenvalue weighted by molar-refractivity contribution is -0.122. The largest absolute Gasteiger partial charge is 0.361 e. The summed E-state index contributed by atoms with van der Waals surface area (Å²) >= 11 is 0. The Kier molecular flexibility index (Phi) is 6.40. The minimum Gasteiger partial charge on any atom is -0.361 e. The minimum absolute atomic E-state index is 0.0526. The van der Waals surface area contributed by atoms with Crippen LogP contribution in [0.5, 0.6) is 0 Å². The van der Waals surface area contributed by atoms with Crippen molar-refractivity contribution >= 4 is 22.7 Å². The van der Waals surface area contributed by atoms with Gasteiger partial charge in [-0.2, -0.15) is 0 Å². The number of aromatic nitrogens is 1. The van der Waals surface area contributed by atoms with Gasteiger partial charge in [-0.25, -0.2) is 0 Å². The number of hydrogen-bond donors (Lipinski definition) is 2. The zero-order valence-electron chi connectivity index (χ0n) is 18.4. The smallest absolute Gasteiger partial charge is 0.255 e. The van der Waals surface area contributed by atoms with Crippen LogP contribution >= 0.6 is 0 Å². The molecule has 1 aliphatic heterocycles. The van der Waals surface area contributed by atoms with Gasteiger partial charge in [0.1, 0.15) is 6.54 Å². The number of rotatable bonds is 9. The topological polar surface area (TPSA) is 65.2 Å². The molecule has 0 aliphatic carbocycles. The van der Waals surface area contributed by atoms with Crippen LogP contribution in [0.3, 0.4) is 0 Å². The predicted octanol–water partition coefficient (Wildman–Crippen LogP) is 5.19. The van der Waals surface area contributed by atoms with Gasteiger partial charge >= 0.3 is 0 Å². The maximum absolute atomic E-state index is 13.2. The van der Waals surface area contributed by atoms with Gasteiger partial charge < -0.3 is 15.2 Å². The zero-order chi connectivity index (χ0) is 21.8. The molecule has 0 bridgehead atoms. The van der Waals surface area contributed by atoms with Crippen molar-refractivity contribution in [2.45, 2.75) is 58.0 Å². The van der Waals surface area contributed by atoms with Crippen LogP contribution in [0, 0.1) is 0 Å². The van der Waals surface area contributed by atoms with Gasteiger partial charge in [0.15, 0.2) is 0 Å². The fourth-order valence-electron chi connectivity index (χ4n) is 4.61. The van der Waals surface area contributed by atoms with Crippen LogP contribution in [-0.2, 0) is 4.79 Å². The van der Waals surface area contributed by atoms with E-state index < -0.39 is 0 Å². The summed E-state index contributed by atoms with van der Waals surface area (Å²) in [5, 5.41) is 4.17. The number of para-hydroxylation sites is 1. The van der Waals surface area contributed by atoms with Crippen molar-refractivity contribution in [1.29, 1.82) is 0 Å². The van der Waals surface area contributed by atoms with Gasteiger partial charge in [-0.1, -0.05) is 69.0 Å². The Morgan fingerprint density at radius 3 is 2.68 bits per heavy atom. The lowest BCUT2D eigenvalue weighted by Crippen LogP contribution is -2.42. The summed E-state index contributed by atoms with van der Waals surface area (Å²) in [6.07, 6.45) is 7.67. The average molecular weight is 418 g/mol. The van der Waals surface area contributed by atoms with Gasteiger partial charge in [-0.3, -0.25) is 9.59 Å². The molecule has 31 heavy (non-hydrogen) atoms. The van der Waals surface area contributed by atoms with E-state index in [-0.39, 0.29) is 30.4 Å². The second-order valence-corrected chi connectivity index (χ2v) is 8.53. The molecule has 2 heterocycles. The number of unbranched alkanes of at least 4 members (excludes halogenated alkanes) is 3. The summed E-state index contributed by atoms with van der Waals surface area (Å²) < 4.78 is 0. The molecule has 0 radical (unpaired) electrons. The van der Waals surface area contributed by atoms with Gasteiger partial charge in [0.05, 0.1) is 6.04 Å². The number of nitrogens with zero attached hydrogens (tertiary/aromatic N) is 1. The van der Waals surface area contributed by atoms with Crippen LogP contribution in [0.2, 0.25) is 0 Å². The fraction of sp³-hybridized carbons (Fsp3) is 0.385. The Bertz CT molecular complexity index is 1070. The Morgan fingerprint density at radius 2 is 1.84 bits per heavy atom. The first-order valence-corrected chi connectivity index (χ1v) is 11.4. The van der Waals surface area contributed by atoms with Crippen LogP contribution in [0.1, 0.15) is 73.5 Å². The Hall–Kier alpha value is -3.08. The highest BCUT2D eigenvalue weighted by atomic mass is 16.2. The number of H-pyrrole nitrogens is 1. The fourth-order valence-corrected chi connectivity index (χ4v) is 4.61. The number of aromatic amines is 1. The van der Waals surface area contributed by atoms with E-state index in [0.29, 0.717) is 5.56 Å². The van der Waals surface area contributed by atoms with E-state index in [1.165, 1.54) is 19.3 Å². The van der Waals surface area contributed by atoms with E-state index in [1.54, 1.807) is 4.90 Å². The SMILES string of the molecule is CCCCCC[C@H](C)NC(=O)CN1C(=O)c2ccccc2[C@H]1c1c[nH]c2ccccc12. The van der Waals surface area contributed by atoms with Gasteiger partial charge in [-0.05, 0) is 31.0 Å². The molecule has 4 rings (SSSR count). The van der Waals surface area contributed by atoms with Gasteiger partial charge in [-0.15, -0.1) is 0 Å². The molecular formula is C26H31N3O2. The van der Waals surface area contributed by atoms with Crippen molar-refractivity contribution in [2.75, 3.05) is 6.54 Å². The average Bonchev–Trinajstić information content (AvgIpc) is 3.31. The van der Waals surface area contributed by atoms with E-state index >= 15 is 0 Å². The molecule has 162 valence electrons. The van der Waals surface area contributed by atoms with Crippen LogP contribution in [0.4, 0.5) is 0 Å². The standard InChI is InChI=1S/C26H31N3O2/c1-3-4-5-6-11-18(2)28-24(30)17-29-25(20-13-7-8-14-21(20)26(29)31)22-16-27-23-15-10-9-12-19(22)23/h7-10,12-16,18,25,27H,3-6,11,17H2,1-2H3,(H,28,30)/t18-,25-/m0/s1. The minimum atomic E-state index is -0.273. The van der Waals surface area contributed by atoms with Crippen LogP contribution in [-0.4, -0.2) is 34.3 Å². The summed E-state index contributed by atoms with van der Waals surface area (Å²) in [5.41, 5.74) is 3.68. The highest BCUT2D eigenvalue weighted by Gasteiger charge is 2.39. The number of fused-ring (bicyclic) bond motifs is 2. The molecule has 2 N–H and O–H groups in total. The molecule has 0 unspecified atom stereocenters. The third-order valence-corrected chi connectivity index (χ3v) is 6.19. The van der Waals surface area contributed by atoms with E-state index in [1.807, 2.05) is 55.6 Å². The number of nitrogens with one attached hydrogen (secondary N) is 2. The maximum Gasteiger partial charge on any atom is 0.255 e. The monoisotopic (exact) mass is 417 g/mol. The van der Waals surface area contributed by atoms with Gasteiger partial charge in [0, 0.05) is 34.3 Å². The first kappa shape index (κ1) is 21.2. The van der Waals surface area contributed by atoms with Crippen molar-refractivity contribution in [2.24, 2.45) is 0 Å². The first-order chi connectivity index (χ1) is 15.1. The second kappa shape index (κ2) is 9.38. The van der Waals surface area contributed by atoms with Crippen molar-refractivity contribution in [3.63, 3.8) is 0 Å². The van der Waals surface area contributed by atoms with Crippen LogP contribution < -0.4 is 5.32 Å². The second-order valence-electron chi connectivity index (χ2n) is 8.53. The third-order valence-electron chi connectivity index (χ3n) is 6.19. The molecule has 5 heteroatoms. The van der Waals surface area contributed by atoms with E-state index in [9.17, 15) is 9.59 Å². The van der Waals surface area contributed by atoms with Crippen molar-refractivity contribution < 1.29 is 9.59 Å². The molecule has 1 aliphatic rings. The highest BCUT2D eigenvalue weighted by Crippen LogP contribution is 2.40. The Balaban J connectivity index is 1.55. The molecule has 3 aromatic rings. The van der Waals surface area contributed by atoms with Crippen molar-refractivity contribution in [3.8, 4) is 0 Å². The summed E-state index contributed by atoms with van der Waals surface area (Å²) in [4.78, 5) is 31.1.